The summed E-state index contributed by atoms with van der Waals surface area (Å²) in [6.45, 7) is 0. The van der Waals surface area contributed by atoms with Gasteiger partial charge in [-0.15, -0.1) is 0 Å². The summed E-state index contributed by atoms with van der Waals surface area (Å²) in [6, 6.07) is 57.0. The van der Waals surface area contributed by atoms with Crippen LogP contribution in [0.5, 0.6) is 0 Å². The molecule has 4 unspecified atom stereocenters. The van der Waals surface area contributed by atoms with Crippen molar-refractivity contribution in [3.05, 3.63) is 179 Å². The van der Waals surface area contributed by atoms with Gasteiger partial charge in [0.05, 0.1) is 0 Å². The molecule has 0 aromatic heterocycles. The van der Waals surface area contributed by atoms with Gasteiger partial charge in [-0.2, -0.15) is 0 Å². The van der Waals surface area contributed by atoms with Gasteiger partial charge >= 0.3 is 380 Å². The standard InChI is InChI=1S/2C28H23.C6H10.2ClH.Zr/c2*1-2-9-19(8-1)23-17-22-12-7-15-26(27(22)18-23)28-24-13-5-3-10-20(24)16-21-11-4-6-14-25(21)28;1-2-4-6-5-3-1;;;/h2*3-7,10-19H,1-2,8-9H2;1-2H,3-6H2;2*1H;/q;;;;;+2/p-2. The number of benzene rings is 8. The van der Waals surface area contributed by atoms with Gasteiger partial charge in [0.1, 0.15) is 0 Å². The monoisotopic (exact) mass is 960 g/mol. The van der Waals surface area contributed by atoms with Crippen LogP contribution in [0.25, 0.3) is 77.5 Å². The molecule has 8 aromatic rings. The van der Waals surface area contributed by atoms with Crippen molar-refractivity contribution >= 4 is 55.2 Å². The molecule has 8 aromatic carbocycles. The van der Waals surface area contributed by atoms with Gasteiger partial charge < -0.3 is 24.8 Å². The van der Waals surface area contributed by atoms with Gasteiger partial charge in [-0.3, -0.25) is 0 Å². The van der Waals surface area contributed by atoms with Gasteiger partial charge in [0.15, 0.2) is 0 Å². The maximum absolute atomic E-state index is 3.34. The van der Waals surface area contributed by atoms with E-state index in [1.807, 2.05) is 11.1 Å². The molecule has 5 aliphatic carbocycles. The summed E-state index contributed by atoms with van der Waals surface area (Å²) in [5, 5.41) is 11.0. The average Bonchev–Trinajstić information content (AvgIpc) is 4.02. The van der Waals surface area contributed by atoms with Crippen LogP contribution in [0.15, 0.2) is 157 Å². The Bertz CT molecular complexity index is 2930. The molecule has 3 saturated carbocycles. The van der Waals surface area contributed by atoms with Crippen molar-refractivity contribution in [2.45, 2.75) is 91.6 Å². The van der Waals surface area contributed by atoms with Crippen molar-refractivity contribution in [3.63, 3.8) is 0 Å². The van der Waals surface area contributed by atoms with E-state index >= 15 is 0 Å². The summed E-state index contributed by atoms with van der Waals surface area (Å²) in [5.41, 5.74) is 16.3. The minimum atomic E-state index is -3.34. The molecule has 0 nitrogen and oxygen atoms in total. The summed E-state index contributed by atoms with van der Waals surface area (Å²) in [5.74, 6) is 1.45. The summed E-state index contributed by atoms with van der Waals surface area (Å²) in [6.07, 6.45) is 22.7. The second kappa shape index (κ2) is 16.5. The van der Waals surface area contributed by atoms with Crippen LogP contribution < -0.4 is 24.8 Å². The Morgan fingerprint density at radius 3 is 1.06 bits per heavy atom. The van der Waals surface area contributed by atoms with Crippen LogP contribution in [0.4, 0.5) is 0 Å². The maximum atomic E-state index is 2.87. The fourth-order valence-corrected chi connectivity index (χ4v) is 38.8. The number of hydrogen-bond acceptors (Lipinski definition) is 0. The Morgan fingerprint density at radius 1 is 0.354 bits per heavy atom. The van der Waals surface area contributed by atoms with Crippen molar-refractivity contribution in [1.29, 1.82) is 0 Å². The molecule has 4 fully saturated rings. The van der Waals surface area contributed by atoms with Crippen LogP contribution in [-0.4, -0.2) is 0 Å². The first kappa shape index (κ1) is 42.1. The van der Waals surface area contributed by atoms with Gasteiger partial charge in [-0.05, 0) is 0 Å². The molecule has 0 spiro atoms. The first-order valence-corrected chi connectivity index (χ1v) is 30.5. The first-order valence-electron chi connectivity index (χ1n) is 24.8. The topological polar surface area (TPSA) is 0 Å². The number of rotatable bonds is 6. The Labute approximate surface area is 401 Å². The third kappa shape index (κ3) is 6.23. The fraction of sp³-hybridized carbons (Fsp3) is 0.290. The molecular weight excluding hydrogens is 907 g/mol. The smallest absolute Gasteiger partial charge is 1.00 e. The van der Waals surface area contributed by atoms with Crippen molar-refractivity contribution < 1.29 is 45.1 Å². The zero-order valence-electron chi connectivity index (χ0n) is 37.2. The molecule has 14 rings (SSSR count). The van der Waals surface area contributed by atoms with E-state index in [-0.39, 0.29) is 24.8 Å². The molecule has 0 radical (unpaired) electrons. The molecule has 65 heavy (non-hydrogen) atoms. The molecule has 1 aliphatic heterocycles. The predicted molar refractivity (Wildman–Crippen MR) is 265 cm³/mol. The predicted octanol–water partition coefficient (Wildman–Crippen LogP) is 11.9. The number of halogens is 2. The molecule has 0 bridgehead atoms. The maximum Gasteiger partial charge on any atom is -1.00 e. The largest absolute Gasteiger partial charge is 1.00 e. The third-order valence-corrected chi connectivity index (χ3v) is 34.7. The van der Waals surface area contributed by atoms with Crippen LogP contribution >= 0.6 is 0 Å². The van der Waals surface area contributed by atoms with Gasteiger partial charge in [0.25, 0.3) is 0 Å². The second-order valence-corrected chi connectivity index (χ2v) is 32.0. The molecule has 322 valence electrons. The van der Waals surface area contributed by atoms with Crippen molar-refractivity contribution in [2.24, 2.45) is 11.8 Å². The minimum Gasteiger partial charge on any atom is -1.00 e. The minimum absolute atomic E-state index is 0. The summed E-state index contributed by atoms with van der Waals surface area (Å²) >= 11 is -3.34. The van der Waals surface area contributed by atoms with Crippen LogP contribution in [-0.2, 0) is 20.3 Å². The van der Waals surface area contributed by atoms with E-state index in [0.717, 1.165) is 19.1 Å². The third-order valence-electron chi connectivity index (χ3n) is 17.9. The summed E-state index contributed by atoms with van der Waals surface area (Å²) < 4.78 is 3.27. The van der Waals surface area contributed by atoms with Gasteiger partial charge in [-0.1, -0.05) is 0 Å². The number of allylic oxidation sites excluding steroid dienone is 2. The second-order valence-electron chi connectivity index (χ2n) is 20.6. The molecule has 1 heterocycles. The molecule has 1 saturated heterocycles. The Morgan fingerprint density at radius 2 is 0.692 bits per heavy atom. The Balaban J connectivity index is 0.00000222. The number of hydrogen-bond donors (Lipinski definition) is 0. The molecule has 0 N–H and O–H groups in total. The molecule has 4 atom stereocenters. The fourth-order valence-electron chi connectivity index (χ4n) is 15.5. The van der Waals surface area contributed by atoms with E-state index in [1.54, 1.807) is 22.3 Å². The Hall–Kier alpha value is -4.26. The normalized spacial score (nSPS) is 23.7. The zero-order valence-corrected chi connectivity index (χ0v) is 41.2. The van der Waals surface area contributed by atoms with Crippen LogP contribution in [0.1, 0.15) is 107 Å². The van der Waals surface area contributed by atoms with E-state index < -0.39 is 20.3 Å². The van der Waals surface area contributed by atoms with Crippen LogP contribution in [0.2, 0.25) is 7.25 Å². The molecule has 3 heteroatoms. The van der Waals surface area contributed by atoms with Crippen LogP contribution in [0, 0.1) is 11.8 Å². The quantitative estimate of drug-likeness (QED) is 0.146. The van der Waals surface area contributed by atoms with Crippen molar-refractivity contribution in [3.8, 4) is 22.3 Å². The van der Waals surface area contributed by atoms with Crippen LogP contribution in [0.3, 0.4) is 0 Å². The zero-order chi connectivity index (χ0) is 41.2. The SMILES string of the molecule is C1=C(C2CCCC2)[CH]([Zr+2]2([CH]3C(C4CCCC4)=Cc4c(-c5c6ccccc6cc6ccccc56)cccc43)[CH]3CCCC[CH]32)c2cccc(-c3c4ccccc4cc4ccccc34)c21.[Cl-].[Cl-]. The first-order chi connectivity index (χ1) is 31.3. The van der Waals surface area contributed by atoms with Crippen molar-refractivity contribution in [1.82, 2.24) is 0 Å². The number of fused-ring (bicyclic) bond motifs is 7. The average molecular weight is 963 g/mol. The van der Waals surface area contributed by atoms with E-state index in [1.165, 1.54) is 142 Å². The Kier molecular flexibility index (Phi) is 10.7. The van der Waals surface area contributed by atoms with E-state index in [0.29, 0.717) is 7.25 Å². The van der Waals surface area contributed by atoms with Crippen molar-refractivity contribution in [2.75, 3.05) is 0 Å². The molecular formula is C62H56Cl2Zr. The van der Waals surface area contributed by atoms with E-state index in [4.69, 9.17) is 0 Å². The van der Waals surface area contributed by atoms with Gasteiger partial charge in [0, 0.05) is 0 Å². The molecule has 6 aliphatic rings. The molecule has 0 amide bonds. The van der Waals surface area contributed by atoms with E-state index in [2.05, 4.69) is 158 Å². The van der Waals surface area contributed by atoms with E-state index in [9.17, 15) is 0 Å². The van der Waals surface area contributed by atoms with Gasteiger partial charge in [-0.25, -0.2) is 0 Å². The summed E-state index contributed by atoms with van der Waals surface area (Å²) in [4.78, 5) is 0. The summed E-state index contributed by atoms with van der Waals surface area (Å²) in [7, 11) is 0. The van der Waals surface area contributed by atoms with Gasteiger partial charge in [0.2, 0.25) is 0 Å².